The monoisotopic (exact) mass is 372 g/mol. The molecule has 1 heterocycles. The van der Waals surface area contributed by atoms with E-state index in [0.717, 1.165) is 17.8 Å². The normalized spacial score (nSPS) is 50.3. The van der Waals surface area contributed by atoms with Gasteiger partial charge in [0.2, 0.25) is 0 Å². The Bertz CT molecular complexity index is 694. The topological polar surface area (TPSA) is 26.3 Å². The van der Waals surface area contributed by atoms with Crippen LogP contribution in [0.1, 0.15) is 65.2 Å². The van der Waals surface area contributed by atoms with Gasteiger partial charge in [0.25, 0.3) is 0 Å². The summed E-state index contributed by atoms with van der Waals surface area (Å²) in [6.07, 6.45) is 14.8. The second kappa shape index (κ2) is 5.90. The molecule has 0 N–H and O–H groups in total. The Labute approximate surface area is 163 Å². The van der Waals surface area contributed by atoms with E-state index in [2.05, 4.69) is 19.9 Å². The van der Waals surface area contributed by atoms with Crippen LogP contribution >= 0.6 is 12.6 Å². The van der Waals surface area contributed by atoms with Gasteiger partial charge in [-0.05, 0) is 91.4 Å². The van der Waals surface area contributed by atoms with Crippen LogP contribution in [-0.2, 0) is 9.53 Å². The number of hydrogen-bond acceptors (Lipinski definition) is 3. The lowest BCUT2D eigenvalue weighted by Gasteiger charge is -2.58. The Balaban J connectivity index is 1.44. The van der Waals surface area contributed by atoms with Crippen molar-refractivity contribution in [2.24, 2.45) is 34.5 Å². The van der Waals surface area contributed by atoms with Gasteiger partial charge < -0.3 is 4.74 Å². The molecule has 0 radical (unpaired) electrons. The summed E-state index contributed by atoms with van der Waals surface area (Å²) in [5.74, 6) is 3.00. The largest absolute Gasteiger partial charge is 0.458 e. The Kier molecular flexibility index (Phi) is 3.95. The molecule has 0 saturated heterocycles. The Morgan fingerprint density at radius 3 is 2.69 bits per heavy atom. The van der Waals surface area contributed by atoms with Crippen molar-refractivity contribution in [2.45, 2.75) is 70.5 Å². The summed E-state index contributed by atoms with van der Waals surface area (Å²) < 4.78 is 5.26. The number of thiol groups is 1. The van der Waals surface area contributed by atoms with Crippen molar-refractivity contribution in [1.82, 2.24) is 0 Å². The van der Waals surface area contributed by atoms with Crippen LogP contribution in [0.2, 0.25) is 0 Å². The van der Waals surface area contributed by atoms with E-state index in [4.69, 9.17) is 17.4 Å². The average Bonchev–Trinajstić information content (AvgIpc) is 3.18. The lowest BCUT2D eigenvalue weighted by atomic mass is 9.46. The highest BCUT2D eigenvalue weighted by Gasteiger charge is 2.59. The van der Waals surface area contributed by atoms with Gasteiger partial charge in [-0.1, -0.05) is 25.5 Å². The fraction of sp³-hybridized carbons (Fsp3) is 0.783. The number of carbonyl (C=O) groups is 1. The van der Waals surface area contributed by atoms with Crippen molar-refractivity contribution in [2.75, 3.05) is 6.61 Å². The summed E-state index contributed by atoms with van der Waals surface area (Å²) in [7, 11) is 0. The molecule has 3 fully saturated rings. The molecule has 0 spiro atoms. The molecule has 1 aliphatic heterocycles. The van der Waals surface area contributed by atoms with Crippen molar-refractivity contribution in [3.8, 4) is 0 Å². The maximum absolute atomic E-state index is 11.6. The predicted octanol–water partition coefficient (Wildman–Crippen LogP) is 5.35. The van der Waals surface area contributed by atoms with E-state index < -0.39 is 0 Å². The van der Waals surface area contributed by atoms with E-state index in [1.807, 2.05) is 0 Å². The molecule has 3 heteroatoms. The number of rotatable bonds is 1. The fourth-order valence-electron chi connectivity index (χ4n) is 7.91. The summed E-state index contributed by atoms with van der Waals surface area (Å²) in [5.41, 5.74) is 3.81. The third-order valence-corrected chi connectivity index (χ3v) is 9.63. The van der Waals surface area contributed by atoms with E-state index in [-0.39, 0.29) is 5.97 Å². The minimum Gasteiger partial charge on any atom is -0.458 e. The number of allylic oxidation sites excluding steroid dienone is 1. The van der Waals surface area contributed by atoms with Crippen molar-refractivity contribution in [3.63, 3.8) is 0 Å². The van der Waals surface area contributed by atoms with Crippen LogP contribution in [0.25, 0.3) is 0 Å². The fourth-order valence-corrected chi connectivity index (χ4v) is 8.22. The number of carbonyl (C=O) groups excluding carboxylic acids is 1. The van der Waals surface area contributed by atoms with Crippen LogP contribution in [0.15, 0.2) is 23.3 Å². The van der Waals surface area contributed by atoms with Crippen LogP contribution in [0.3, 0.4) is 0 Å². The van der Waals surface area contributed by atoms with Gasteiger partial charge in [-0.25, -0.2) is 4.79 Å². The summed E-state index contributed by atoms with van der Waals surface area (Å²) in [6.45, 7) is 5.65. The maximum atomic E-state index is 11.6. The van der Waals surface area contributed by atoms with Gasteiger partial charge in [0.1, 0.15) is 6.61 Å². The highest BCUT2D eigenvalue weighted by atomic mass is 32.1. The van der Waals surface area contributed by atoms with Crippen molar-refractivity contribution < 1.29 is 9.53 Å². The zero-order valence-electron chi connectivity index (χ0n) is 16.2. The van der Waals surface area contributed by atoms with E-state index in [0.29, 0.717) is 28.6 Å². The quantitative estimate of drug-likeness (QED) is 0.382. The predicted molar refractivity (Wildman–Crippen MR) is 107 cm³/mol. The van der Waals surface area contributed by atoms with Crippen molar-refractivity contribution in [1.29, 1.82) is 0 Å². The van der Waals surface area contributed by atoms with Crippen LogP contribution in [-0.4, -0.2) is 17.8 Å². The molecule has 0 unspecified atom stereocenters. The first-order chi connectivity index (χ1) is 12.4. The van der Waals surface area contributed by atoms with Gasteiger partial charge >= 0.3 is 5.97 Å². The van der Waals surface area contributed by atoms with Crippen LogP contribution in [0, 0.1) is 34.5 Å². The van der Waals surface area contributed by atoms with Crippen LogP contribution < -0.4 is 0 Å². The van der Waals surface area contributed by atoms with Crippen molar-refractivity contribution >= 4 is 18.6 Å². The molecule has 0 aromatic rings. The van der Waals surface area contributed by atoms with Gasteiger partial charge in [-0.15, -0.1) is 0 Å². The summed E-state index contributed by atoms with van der Waals surface area (Å²) >= 11 is 4.75. The standard InChI is InChI=1S/C23H32O2S/c1-22-9-7-16(26)12-15(22)3-4-17-19-6-5-18(14-11-21(24)25-13-14)23(19,2)10-8-20(17)22/h11-12,16-20,26H,3-10,13H2,1-2H3/t16-,17-,18+,19-,20-,22-,23+/m0/s1. The molecule has 142 valence electrons. The Morgan fingerprint density at radius 1 is 1.08 bits per heavy atom. The van der Waals surface area contributed by atoms with Crippen LogP contribution in [0.4, 0.5) is 0 Å². The average molecular weight is 373 g/mol. The second-order valence-corrected chi connectivity index (χ2v) is 10.8. The van der Waals surface area contributed by atoms with Gasteiger partial charge in [0, 0.05) is 11.3 Å². The third-order valence-electron chi connectivity index (χ3n) is 9.22. The molecule has 7 atom stereocenters. The molecular formula is C23H32O2S. The van der Waals surface area contributed by atoms with Crippen LogP contribution in [0.5, 0.6) is 0 Å². The Morgan fingerprint density at radius 2 is 1.92 bits per heavy atom. The molecule has 0 bridgehead atoms. The van der Waals surface area contributed by atoms with Crippen molar-refractivity contribution in [3.05, 3.63) is 23.3 Å². The zero-order chi connectivity index (χ0) is 18.1. The minimum absolute atomic E-state index is 0.121. The highest BCUT2D eigenvalue weighted by molar-refractivity contribution is 7.81. The summed E-state index contributed by atoms with van der Waals surface area (Å²) in [4.78, 5) is 11.6. The molecule has 0 aromatic heterocycles. The molecule has 4 aliphatic carbocycles. The number of fused-ring (bicyclic) bond motifs is 5. The smallest absolute Gasteiger partial charge is 0.331 e. The molecule has 2 nitrogen and oxygen atoms in total. The summed E-state index contributed by atoms with van der Waals surface area (Å²) in [5, 5.41) is 0.478. The van der Waals surface area contributed by atoms with E-state index in [9.17, 15) is 4.79 Å². The highest BCUT2D eigenvalue weighted by Crippen LogP contribution is 2.67. The van der Waals surface area contributed by atoms with E-state index in [1.54, 1.807) is 11.6 Å². The Hall–Kier alpha value is -0.700. The zero-order valence-corrected chi connectivity index (χ0v) is 17.1. The first-order valence-electron chi connectivity index (χ1n) is 10.7. The van der Waals surface area contributed by atoms with Gasteiger partial charge in [0.15, 0.2) is 0 Å². The third kappa shape index (κ3) is 2.34. The number of hydrogen-bond donors (Lipinski definition) is 1. The SMILES string of the molecule is C[C@]12CC[C@H]3[C@@H](CCC4=C[C@@H](S)CC[C@@]43C)[C@@H]1CC[C@@H]2C1=CC(=O)OC1. The summed E-state index contributed by atoms with van der Waals surface area (Å²) in [6, 6.07) is 0. The van der Waals surface area contributed by atoms with Gasteiger partial charge in [-0.3, -0.25) is 0 Å². The molecule has 3 saturated carbocycles. The molecular weight excluding hydrogens is 340 g/mol. The minimum atomic E-state index is -0.121. The number of cyclic esters (lactones) is 1. The molecule has 5 aliphatic rings. The molecule has 26 heavy (non-hydrogen) atoms. The van der Waals surface area contributed by atoms with E-state index >= 15 is 0 Å². The van der Waals surface area contributed by atoms with E-state index in [1.165, 1.54) is 56.9 Å². The maximum Gasteiger partial charge on any atom is 0.331 e. The first kappa shape index (κ1) is 17.4. The molecule has 0 amide bonds. The number of esters is 1. The second-order valence-electron chi connectivity index (χ2n) is 10.1. The lowest BCUT2D eigenvalue weighted by molar-refractivity contribution is -0.135. The van der Waals surface area contributed by atoms with Gasteiger partial charge in [0.05, 0.1) is 0 Å². The van der Waals surface area contributed by atoms with Gasteiger partial charge in [-0.2, -0.15) is 12.6 Å². The molecule has 0 aromatic carbocycles. The number of ether oxygens (including phenoxy) is 1. The first-order valence-corrected chi connectivity index (χ1v) is 11.2. The lowest BCUT2D eigenvalue weighted by Crippen LogP contribution is -2.50. The molecule has 5 rings (SSSR count).